The van der Waals surface area contributed by atoms with E-state index in [1.165, 1.54) is 4.68 Å². The van der Waals surface area contributed by atoms with Crippen LogP contribution < -0.4 is 15.8 Å². The first-order valence-electron chi connectivity index (χ1n) is 8.87. The third kappa shape index (κ3) is 4.25. The molecule has 2 aromatic carbocycles. The molecule has 1 aromatic heterocycles. The van der Waals surface area contributed by atoms with Crippen LogP contribution in [0.25, 0.3) is 5.69 Å². The number of carbonyl (C=O) groups excluding carboxylic acids is 1. The van der Waals surface area contributed by atoms with Gasteiger partial charge in [-0.1, -0.05) is 42.5 Å². The molecule has 7 nitrogen and oxygen atoms in total. The summed E-state index contributed by atoms with van der Waals surface area (Å²) < 4.78 is 6.86. The number of nitrogens with two attached hydrogens (primary N) is 1. The Hall–Kier alpha value is -3.35. The topological polar surface area (TPSA) is 95.1 Å². The van der Waals surface area contributed by atoms with Gasteiger partial charge in [0.05, 0.1) is 12.3 Å². The maximum atomic E-state index is 12.5. The third-order valence-corrected chi connectivity index (χ3v) is 4.25. The van der Waals surface area contributed by atoms with E-state index in [1.807, 2.05) is 61.5 Å². The SMILES string of the molecule is CCOc1ccc(-n2nnc(C(=O)NC[C@@H](C)c3ccccc3)c2N)cc1. The molecule has 140 valence electrons. The van der Waals surface area contributed by atoms with Crippen LogP contribution >= 0.6 is 0 Å². The fourth-order valence-corrected chi connectivity index (χ4v) is 2.72. The van der Waals surface area contributed by atoms with Gasteiger partial charge >= 0.3 is 0 Å². The lowest BCUT2D eigenvalue weighted by atomic mass is 10.0. The Morgan fingerprint density at radius 2 is 1.89 bits per heavy atom. The van der Waals surface area contributed by atoms with E-state index in [1.54, 1.807) is 0 Å². The molecular weight excluding hydrogens is 342 g/mol. The number of benzene rings is 2. The summed E-state index contributed by atoms with van der Waals surface area (Å²) in [5, 5.41) is 10.8. The second-order valence-corrected chi connectivity index (χ2v) is 6.18. The predicted octanol–water partition coefficient (Wildman–Crippen LogP) is 2.78. The lowest BCUT2D eigenvalue weighted by Crippen LogP contribution is -2.28. The molecule has 3 rings (SSSR count). The van der Waals surface area contributed by atoms with Gasteiger partial charge in [-0.15, -0.1) is 5.10 Å². The van der Waals surface area contributed by atoms with E-state index in [-0.39, 0.29) is 23.3 Å². The smallest absolute Gasteiger partial charge is 0.275 e. The third-order valence-electron chi connectivity index (χ3n) is 4.25. The van der Waals surface area contributed by atoms with Crippen molar-refractivity contribution < 1.29 is 9.53 Å². The fraction of sp³-hybridized carbons (Fsp3) is 0.250. The minimum atomic E-state index is -0.340. The molecule has 7 heteroatoms. The molecule has 3 N–H and O–H groups in total. The van der Waals surface area contributed by atoms with E-state index >= 15 is 0 Å². The van der Waals surface area contributed by atoms with Crippen LogP contribution in [0.4, 0.5) is 5.82 Å². The first-order chi connectivity index (χ1) is 13.1. The van der Waals surface area contributed by atoms with E-state index in [4.69, 9.17) is 10.5 Å². The second kappa shape index (κ2) is 8.35. The summed E-state index contributed by atoms with van der Waals surface area (Å²) in [5.74, 6) is 0.793. The zero-order valence-corrected chi connectivity index (χ0v) is 15.4. The van der Waals surface area contributed by atoms with Crippen LogP contribution in [0.15, 0.2) is 54.6 Å². The molecule has 0 aliphatic carbocycles. The highest BCUT2D eigenvalue weighted by Crippen LogP contribution is 2.19. The number of aromatic nitrogens is 3. The zero-order valence-electron chi connectivity index (χ0n) is 15.4. The second-order valence-electron chi connectivity index (χ2n) is 6.18. The molecule has 0 aliphatic rings. The number of nitrogen functional groups attached to an aromatic ring is 1. The normalized spacial score (nSPS) is 11.8. The van der Waals surface area contributed by atoms with E-state index in [0.29, 0.717) is 18.8 Å². The summed E-state index contributed by atoms with van der Waals surface area (Å²) in [7, 11) is 0. The van der Waals surface area contributed by atoms with Crippen LogP contribution in [-0.4, -0.2) is 34.1 Å². The van der Waals surface area contributed by atoms with Gasteiger partial charge in [0.2, 0.25) is 0 Å². The van der Waals surface area contributed by atoms with Gasteiger partial charge in [-0.2, -0.15) is 4.68 Å². The first kappa shape index (κ1) is 18.4. The number of amides is 1. The Labute approximate surface area is 158 Å². The van der Waals surface area contributed by atoms with Gasteiger partial charge in [-0.25, -0.2) is 0 Å². The highest BCUT2D eigenvalue weighted by molar-refractivity contribution is 5.96. The van der Waals surface area contributed by atoms with Crippen molar-refractivity contribution in [3.05, 3.63) is 65.9 Å². The highest BCUT2D eigenvalue weighted by Gasteiger charge is 2.19. The maximum absolute atomic E-state index is 12.5. The lowest BCUT2D eigenvalue weighted by Gasteiger charge is -2.12. The zero-order chi connectivity index (χ0) is 19.2. The molecule has 27 heavy (non-hydrogen) atoms. The monoisotopic (exact) mass is 365 g/mol. The minimum Gasteiger partial charge on any atom is -0.494 e. The van der Waals surface area contributed by atoms with Crippen molar-refractivity contribution >= 4 is 11.7 Å². The molecule has 0 fully saturated rings. The summed E-state index contributed by atoms with van der Waals surface area (Å²) in [4.78, 5) is 12.5. The van der Waals surface area contributed by atoms with Crippen LogP contribution in [0.5, 0.6) is 5.75 Å². The van der Waals surface area contributed by atoms with Crippen LogP contribution in [-0.2, 0) is 0 Å². The average Bonchev–Trinajstić information content (AvgIpc) is 3.09. The molecule has 1 heterocycles. The summed E-state index contributed by atoms with van der Waals surface area (Å²) in [6, 6.07) is 17.3. The molecular formula is C20H23N5O2. The summed E-state index contributed by atoms with van der Waals surface area (Å²) in [6.07, 6.45) is 0. The highest BCUT2D eigenvalue weighted by atomic mass is 16.5. The fourth-order valence-electron chi connectivity index (χ4n) is 2.72. The number of nitrogens with one attached hydrogen (secondary N) is 1. The van der Waals surface area contributed by atoms with Gasteiger partial charge in [0, 0.05) is 6.54 Å². The molecule has 0 aliphatic heterocycles. The van der Waals surface area contributed by atoms with Crippen LogP contribution in [0, 0.1) is 0 Å². The van der Waals surface area contributed by atoms with Crippen molar-refractivity contribution in [2.75, 3.05) is 18.9 Å². The standard InChI is InChI=1S/C20H23N5O2/c1-3-27-17-11-9-16(10-12-17)25-19(21)18(23-24-25)20(26)22-13-14(2)15-7-5-4-6-8-15/h4-12,14H,3,13,21H2,1-2H3,(H,22,26)/t14-/m1/s1. The van der Waals surface area contributed by atoms with Crippen molar-refractivity contribution in [2.24, 2.45) is 0 Å². The van der Waals surface area contributed by atoms with Gasteiger partial charge in [0.15, 0.2) is 11.5 Å². The number of nitrogens with zero attached hydrogens (tertiary/aromatic N) is 3. The molecule has 1 atom stereocenters. The van der Waals surface area contributed by atoms with Gasteiger partial charge in [0.1, 0.15) is 5.75 Å². The number of hydrogen-bond donors (Lipinski definition) is 2. The Kier molecular flexibility index (Phi) is 5.71. The molecule has 0 spiro atoms. The van der Waals surface area contributed by atoms with Crippen molar-refractivity contribution in [1.29, 1.82) is 0 Å². The Morgan fingerprint density at radius 1 is 1.19 bits per heavy atom. The van der Waals surface area contributed by atoms with Crippen molar-refractivity contribution in [2.45, 2.75) is 19.8 Å². The van der Waals surface area contributed by atoms with Crippen LogP contribution in [0.1, 0.15) is 35.8 Å². The largest absolute Gasteiger partial charge is 0.494 e. The number of hydrogen-bond acceptors (Lipinski definition) is 5. The lowest BCUT2D eigenvalue weighted by molar-refractivity contribution is 0.0947. The quantitative estimate of drug-likeness (QED) is 0.671. The molecule has 0 saturated carbocycles. The van der Waals surface area contributed by atoms with Gasteiger partial charge < -0.3 is 15.8 Å². The number of carbonyl (C=O) groups is 1. The molecule has 0 saturated heterocycles. The number of ether oxygens (including phenoxy) is 1. The van der Waals surface area contributed by atoms with E-state index in [0.717, 1.165) is 11.3 Å². The van der Waals surface area contributed by atoms with Crippen molar-refractivity contribution in [3.63, 3.8) is 0 Å². The summed E-state index contributed by atoms with van der Waals surface area (Å²) in [5.41, 5.74) is 8.08. The average molecular weight is 365 g/mol. The maximum Gasteiger partial charge on any atom is 0.275 e. The Morgan fingerprint density at radius 3 is 2.56 bits per heavy atom. The summed E-state index contributed by atoms with van der Waals surface area (Å²) >= 11 is 0. The van der Waals surface area contributed by atoms with E-state index < -0.39 is 0 Å². The van der Waals surface area contributed by atoms with E-state index in [2.05, 4.69) is 22.6 Å². The summed E-state index contributed by atoms with van der Waals surface area (Å²) in [6.45, 7) is 5.05. The molecule has 0 bridgehead atoms. The van der Waals surface area contributed by atoms with Crippen molar-refractivity contribution in [3.8, 4) is 11.4 Å². The Balaban J connectivity index is 1.68. The van der Waals surface area contributed by atoms with Crippen LogP contribution in [0.3, 0.4) is 0 Å². The van der Waals surface area contributed by atoms with Gasteiger partial charge in [-0.3, -0.25) is 4.79 Å². The molecule has 1 amide bonds. The Bertz CT molecular complexity index is 890. The number of anilines is 1. The van der Waals surface area contributed by atoms with Gasteiger partial charge in [0.25, 0.3) is 5.91 Å². The molecule has 0 radical (unpaired) electrons. The molecule has 0 unspecified atom stereocenters. The molecule has 3 aromatic rings. The first-order valence-corrected chi connectivity index (χ1v) is 8.87. The van der Waals surface area contributed by atoms with Gasteiger partial charge in [-0.05, 0) is 42.7 Å². The van der Waals surface area contributed by atoms with Crippen molar-refractivity contribution in [1.82, 2.24) is 20.3 Å². The van der Waals surface area contributed by atoms with Crippen LogP contribution in [0.2, 0.25) is 0 Å². The van der Waals surface area contributed by atoms with E-state index in [9.17, 15) is 4.79 Å². The minimum absolute atomic E-state index is 0.115. The number of rotatable bonds is 7. The predicted molar refractivity (Wildman–Crippen MR) is 104 cm³/mol.